The van der Waals surface area contributed by atoms with Crippen molar-refractivity contribution in [1.82, 2.24) is 4.98 Å². The Bertz CT molecular complexity index is 816. The molecule has 3 rings (SSSR count). The van der Waals surface area contributed by atoms with Crippen LogP contribution in [0.15, 0.2) is 54.7 Å². The summed E-state index contributed by atoms with van der Waals surface area (Å²) in [5.74, 6) is 0. The van der Waals surface area contributed by atoms with E-state index in [1.807, 2.05) is 48.5 Å². The summed E-state index contributed by atoms with van der Waals surface area (Å²) in [5, 5.41) is 13.0. The number of para-hydroxylation sites is 1. The maximum absolute atomic E-state index is 8.69. The zero-order valence-electron chi connectivity index (χ0n) is 11.4. The minimum absolute atomic E-state index is 0.417. The third kappa shape index (κ3) is 2.63. The molecule has 0 amide bonds. The lowest BCUT2D eigenvalue weighted by atomic mass is 10.1. The maximum atomic E-state index is 8.69. The molecule has 4 heteroatoms. The average molecular weight is 274 g/mol. The normalized spacial score (nSPS) is 10.2. The minimum atomic E-state index is 0.417. The summed E-state index contributed by atoms with van der Waals surface area (Å²) in [5.41, 5.74) is 10.3. The van der Waals surface area contributed by atoms with Gasteiger partial charge in [0.1, 0.15) is 0 Å². The van der Waals surface area contributed by atoms with Crippen LogP contribution >= 0.6 is 0 Å². The second-order valence-electron chi connectivity index (χ2n) is 4.76. The van der Waals surface area contributed by atoms with Crippen LogP contribution in [0.5, 0.6) is 0 Å². The number of aromatic nitrogens is 1. The van der Waals surface area contributed by atoms with Crippen molar-refractivity contribution in [3.8, 4) is 6.07 Å². The van der Waals surface area contributed by atoms with Gasteiger partial charge in [0.15, 0.2) is 0 Å². The first-order valence-corrected chi connectivity index (χ1v) is 6.64. The molecule has 0 saturated carbocycles. The Morgan fingerprint density at radius 3 is 2.62 bits per heavy atom. The number of hydrogen-bond acceptors (Lipinski definition) is 4. The number of pyridine rings is 1. The number of hydrogen-bond donors (Lipinski definition) is 2. The first-order chi connectivity index (χ1) is 10.3. The molecule has 0 aliphatic heterocycles. The summed E-state index contributed by atoms with van der Waals surface area (Å²) >= 11 is 0. The van der Waals surface area contributed by atoms with Crippen LogP contribution in [0.2, 0.25) is 0 Å². The van der Waals surface area contributed by atoms with Gasteiger partial charge in [-0.25, -0.2) is 0 Å². The van der Waals surface area contributed by atoms with Gasteiger partial charge in [0.2, 0.25) is 0 Å². The first kappa shape index (κ1) is 12.9. The van der Waals surface area contributed by atoms with E-state index in [-0.39, 0.29) is 0 Å². The van der Waals surface area contributed by atoms with Gasteiger partial charge in [0, 0.05) is 11.1 Å². The van der Waals surface area contributed by atoms with Crippen LogP contribution in [0.1, 0.15) is 5.56 Å². The monoisotopic (exact) mass is 274 g/mol. The second-order valence-corrected chi connectivity index (χ2v) is 4.76. The van der Waals surface area contributed by atoms with E-state index in [1.54, 1.807) is 6.20 Å². The highest BCUT2D eigenvalue weighted by molar-refractivity contribution is 5.98. The van der Waals surface area contributed by atoms with Gasteiger partial charge in [0.05, 0.1) is 35.6 Å². The van der Waals surface area contributed by atoms with Crippen LogP contribution in [-0.2, 0) is 6.42 Å². The molecule has 0 fully saturated rings. The second kappa shape index (κ2) is 5.51. The van der Waals surface area contributed by atoms with Crippen molar-refractivity contribution >= 4 is 28.0 Å². The number of anilines is 3. The van der Waals surface area contributed by atoms with E-state index in [0.717, 1.165) is 27.8 Å². The summed E-state index contributed by atoms with van der Waals surface area (Å²) in [7, 11) is 0. The molecule has 0 spiro atoms. The van der Waals surface area contributed by atoms with Crippen molar-refractivity contribution in [2.75, 3.05) is 11.1 Å². The zero-order valence-corrected chi connectivity index (χ0v) is 11.4. The predicted octanol–water partition coefficient (Wildman–Crippen LogP) is 3.63. The zero-order chi connectivity index (χ0) is 14.7. The van der Waals surface area contributed by atoms with Crippen LogP contribution in [0.25, 0.3) is 10.9 Å². The quantitative estimate of drug-likeness (QED) is 0.764. The van der Waals surface area contributed by atoms with Crippen molar-refractivity contribution in [2.24, 2.45) is 0 Å². The van der Waals surface area contributed by atoms with E-state index in [2.05, 4.69) is 16.4 Å². The van der Waals surface area contributed by atoms with Crippen LogP contribution in [0.3, 0.4) is 0 Å². The Hall–Kier alpha value is -3.06. The summed E-state index contributed by atoms with van der Waals surface area (Å²) in [6.07, 6.45) is 2.08. The van der Waals surface area contributed by atoms with Crippen molar-refractivity contribution < 1.29 is 0 Å². The molecule has 0 radical (unpaired) electrons. The molecule has 102 valence electrons. The smallest absolute Gasteiger partial charge is 0.0746 e. The summed E-state index contributed by atoms with van der Waals surface area (Å²) in [6, 6.07) is 17.8. The fourth-order valence-corrected chi connectivity index (χ4v) is 2.24. The Labute approximate surface area is 122 Å². The topological polar surface area (TPSA) is 74.7 Å². The van der Waals surface area contributed by atoms with Gasteiger partial charge in [-0.05, 0) is 23.8 Å². The van der Waals surface area contributed by atoms with E-state index in [0.29, 0.717) is 12.1 Å². The molecule has 0 aliphatic carbocycles. The van der Waals surface area contributed by atoms with E-state index in [1.165, 1.54) is 0 Å². The molecule has 0 bridgehead atoms. The molecule has 4 nitrogen and oxygen atoms in total. The molecule has 1 heterocycles. The van der Waals surface area contributed by atoms with Crippen molar-refractivity contribution in [1.29, 1.82) is 5.26 Å². The van der Waals surface area contributed by atoms with Gasteiger partial charge in [-0.3, -0.25) is 4.98 Å². The lowest BCUT2D eigenvalue weighted by Crippen LogP contribution is -1.98. The lowest BCUT2D eigenvalue weighted by molar-refractivity contribution is 1.26. The highest BCUT2D eigenvalue weighted by atomic mass is 14.9. The van der Waals surface area contributed by atoms with Gasteiger partial charge in [-0.1, -0.05) is 30.3 Å². The molecule has 1 aromatic heterocycles. The van der Waals surface area contributed by atoms with E-state index >= 15 is 0 Å². The Morgan fingerprint density at radius 1 is 1.10 bits per heavy atom. The largest absolute Gasteiger partial charge is 0.396 e. The summed E-state index contributed by atoms with van der Waals surface area (Å²) in [4.78, 5) is 4.32. The summed E-state index contributed by atoms with van der Waals surface area (Å²) < 4.78 is 0. The van der Waals surface area contributed by atoms with Gasteiger partial charge in [0.25, 0.3) is 0 Å². The van der Waals surface area contributed by atoms with Crippen molar-refractivity contribution in [3.05, 3.63) is 60.3 Å². The number of nitrogens with two attached hydrogens (primary N) is 1. The van der Waals surface area contributed by atoms with Crippen molar-refractivity contribution in [3.63, 3.8) is 0 Å². The van der Waals surface area contributed by atoms with Crippen LogP contribution in [0.4, 0.5) is 17.1 Å². The molecular formula is C17H14N4. The molecule has 2 aromatic carbocycles. The number of nitrogens with one attached hydrogen (secondary N) is 1. The van der Waals surface area contributed by atoms with E-state index < -0.39 is 0 Å². The number of nitrogen functional groups attached to an aromatic ring is 1. The maximum Gasteiger partial charge on any atom is 0.0746 e. The molecule has 0 unspecified atom stereocenters. The third-order valence-corrected chi connectivity index (χ3v) is 3.31. The fourth-order valence-electron chi connectivity index (χ4n) is 2.24. The lowest BCUT2D eigenvalue weighted by Gasteiger charge is -2.12. The molecule has 21 heavy (non-hydrogen) atoms. The molecule has 0 atom stereocenters. The number of rotatable bonds is 3. The SMILES string of the molecule is N#CCc1ccc(Nc2c(N)cnc3ccccc23)cc1. The molecule has 3 aromatic rings. The van der Waals surface area contributed by atoms with Crippen molar-refractivity contribution in [2.45, 2.75) is 6.42 Å². The van der Waals surface area contributed by atoms with Gasteiger partial charge < -0.3 is 11.1 Å². The number of benzene rings is 2. The fraction of sp³-hybridized carbons (Fsp3) is 0.0588. The van der Waals surface area contributed by atoms with E-state index in [9.17, 15) is 0 Å². The Morgan fingerprint density at radius 2 is 1.86 bits per heavy atom. The highest BCUT2D eigenvalue weighted by Crippen LogP contribution is 2.30. The van der Waals surface area contributed by atoms with E-state index in [4.69, 9.17) is 11.0 Å². The van der Waals surface area contributed by atoms with Gasteiger partial charge in [-0.2, -0.15) is 5.26 Å². The van der Waals surface area contributed by atoms with Crippen LogP contribution in [-0.4, -0.2) is 4.98 Å². The average Bonchev–Trinajstić information content (AvgIpc) is 2.52. The molecular weight excluding hydrogens is 260 g/mol. The molecule has 0 aliphatic rings. The number of fused-ring (bicyclic) bond motifs is 1. The summed E-state index contributed by atoms with van der Waals surface area (Å²) in [6.45, 7) is 0. The Kier molecular flexibility index (Phi) is 3.40. The number of nitrogens with zero attached hydrogens (tertiary/aromatic N) is 2. The highest BCUT2D eigenvalue weighted by Gasteiger charge is 2.06. The standard InChI is InChI=1S/C17H14N4/c18-10-9-12-5-7-13(8-6-12)21-17-14-3-1-2-4-16(14)20-11-15(17)19/h1-8,11H,9,19H2,(H,20,21). The Balaban J connectivity index is 1.98. The first-order valence-electron chi connectivity index (χ1n) is 6.64. The van der Waals surface area contributed by atoms with Gasteiger partial charge in [-0.15, -0.1) is 0 Å². The number of nitriles is 1. The van der Waals surface area contributed by atoms with Crippen LogP contribution < -0.4 is 11.1 Å². The molecule has 3 N–H and O–H groups in total. The third-order valence-electron chi connectivity index (χ3n) is 3.31. The molecule has 0 saturated heterocycles. The van der Waals surface area contributed by atoms with Gasteiger partial charge >= 0.3 is 0 Å². The van der Waals surface area contributed by atoms with Crippen LogP contribution in [0, 0.1) is 11.3 Å². The predicted molar refractivity (Wildman–Crippen MR) is 85.2 cm³/mol. The minimum Gasteiger partial charge on any atom is -0.396 e.